The molecule has 1 aromatic rings. The number of hydrogen-bond donors (Lipinski definition) is 3. The van der Waals surface area contributed by atoms with E-state index in [1.54, 1.807) is 17.0 Å². The van der Waals surface area contributed by atoms with Crippen LogP contribution in [0, 0.1) is 5.82 Å². The van der Waals surface area contributed by atoms with E-state index in [1.165, 1.54) is 23.6 Å². The van der Waals surface area contributed by atoms with Crippen LogP contribution in [0.1, 0.15) is 19.4 Å². The van der Waals surface area contributed by atoms with Gasteiger partial charge in [-0.1, -0.05) is 12.1 Å². The summed E-state index contributed by atoms with van der Waals surface area (Å²) in [6.07, 6.45) is 0.738. The summed E-state index contributed by atoms with van der Waals surface area (Å²) < 4.78 is 12.8. The topological polar surface area (TPSA) is 38.0 Å². The Bertz CT molecular complexity index is 469. The van der Waals surface area contributed by atoms with Gasteiger partial charge >= 0.3 is 0 Å². The molecule has 2 rings (SSSR count). The van der Waals surface area contributed by atoms with E-state index in [0.717, 1.165) is 38.2 Å². The predicted octanol–water partition coefficient (Wildman–Crippen LogP) is -1.32. The zero-order valence-corrected chi connectivity index (χ0v) is 13.6. The minimum absolute atomic E-state index is 0.00613. The second-order valence-corrected chi connectivity index (χ2v) is 6.15. The number of carbonyl (C=O) groups excluding carboxylic acids is 1. The van der Waals surface area contributed by atoms with Gasteiger partial charge in [0, 0.05) is 6.54 Å². The van der Waals surface area contributed by atoms with Crippen molar-refractivity contribution in [2.75, 3.05) is 39.3 Å². The van der Waals surface area contributed by atoms with Gasteiger partial charge in [0.15, 0.2) is 6.04 Å². The number of quaternary nitrogens is 2. The van der Waals surface area contributed by atoms with Crippen molar-refractivity contribution < 1.29 is 19.0 Å². The standard InChI is InChI=1S/C17H26FN3O/c1-3-20-10-12-21(13-11-20)14(2)17(22)19-9-8-15-4-6-16(18)7-5-15/h4-7,14H,3,8-13H2,1-2H3,(H,19,22)/p+2/t14-/m0/s1. The molecule has 1 heterocycles. The highest BCUT2D eigenvalue weighted by molar-refractivity contribution is 5.79. The van der Waals surface area contributed by atoms with Gasteiger partial charge in [0.25, 0.3) is 5.91 Å². The first kappa shape index (κ1) is 16.9. The zero-order valence-electron chi connectivity index (χ0n) is 13.6. The molecule has 0 aliphatic carbocycles. The Morgan fingerprint density at radius 1 is 1.23 bits per heavy atom. The van der Waals surface area contributed by atoms with Crippen LogP contribution in [0.5, 0.6) is 0 Å². The smallest absolute Gasteiger partial charge is 0.278 e. The molecule has 1 saturated heterocycles. The highest BCUT2D eigenvalue weighted by Gasteiger charge is 2.30. The van der Waals surface area contributed by atoms with Gasteiger partial charge in [-0.05, 0) is 38.0 Å². The SMILES string of the molecule is CC[NH+]1CC[NH+]([C@@H](C)C(=O)NCCc2ccc(F)cc2)CC1. The summed E-state index contributed by atoms with van der Waals surface area (Å²) >= 11 is 0. The van der Waals surface area contributed by atoms with Crippen molar-refractivity contribution in [1.29, 1.82) is 0 Å². The fraction of sp³-hybridized carbons (Fsp3) is 0.588. The number of amides is 1. The minimum atomic E-state index is -0.224. The van der Waals surface area contributed by atoms with Crippen LogP contribution in [0.4, 0.5) is 4.39 Å². The maximum atomic E-state index is 12.8. The molecule has 0 radical (unpaired) electrons. The van der Waals surface area contributed by atoms with E-state index in [-0.39, 0.29) is 17.8 Å². The number of nitrogens with one attached hydrogen (secondary N) is 3. The van der Waals surface area contributed by atoms with Crippen LogP contribution in [0.3, 0.4) is 0 Å². The van der Waals surface area contributed by atoms with Gasteiger partial charge < -0.3 is 15.1 Å². The molecule has 1 amide bonds. The fourth-order valence-corrected chi connectivity index (χ4v) is 3.03. The third-order valence-electron chi connectivity index (χ3n) is 4.73. The Morgan fingerprint density at radius 2 is 1.86 bits per heavy atom. The minimum Gasteiger partial charge on any atom is -0.351 e. The Labute approximate surface area is 132 Å². The predicted molar refractivity (Wildman–Crippen MR) is 84.5 cm³/mol. The molecule has 1 fully saturated rings. The summed E-state index contributed by atoms with van der Waals surface area (Å²) in [7, 11) is 0. The molecule has 0 aromatic heterocycles. The summed E-state index contributed by atoms with van der Waals surface area (Å²) in [4.78, 5) is 15.3. The average molecular weight is 309 g/mol. The van der Waals surface area contributed by atoms with Crippen LogP contribution in [-0.2, 0) is 11.2 Å². The fourth-order valence-electron chi connectivity index (χ4n) is 3.03. The van der Waals surface area contributed by atoms with Crippen molar-refractivity contribution in [3.63, 3.8) is 0 Å². The number of carbonyl (C=O) groups is 1. The lowest BCUT2D eigenvalue weighted by Crippen LogP contribution is -3.29. The molecule has 0 unspecified atom stereocenters. The van der Waals surface area contributed by atoms with Gasteiger partial charge in [0.2, 0.25) is 0 Å². The van der Waals surface area contributed by atoms with Crippen LogP contribution in [-0.4, -0.2) is 51.2 Å². The first-order valence-electron chi connectivity index (χ1n) is 8.30. The Kier molecular flexibility index (Phi) is 6.34. The Balaban J connectivity index is 1.71. The molecule has 5 heteroatoms. The number of likely N-dealkylation sites (N-methyl/N-ethyl adjacent to an activating group) is 1. The first-order chi connectivity index (χ1) is 10.6. The molecule has 4 nitrogen and oxygen atoms in total. The molecule has 3 N–H and O–H groups in total. The van der Waals surface area contributed by atoms with Gasteiger partial charge in [-0.3, -0.25) is 4.79 Å². The molecular weight excluding hydrogens is 281 g/mol. The molecule has 1 aliphatic heterocycles. The van der Waals surface area contributed by atoms with E-state index in [0.29, 0.717) is 6.54 Å². The molecule has 22 heavy (non-hydrogen) atoms. The number of piperazine rings is 1. The van der Waals surface area contributed by atoms with Crippen molar-refractivity contribution in [2.45, 2.75) is 26.3 Å². The summed E-state index contributed by atoms with van der Waals surface area (Å²) in [5.74, 6) is -0.101. The Morgan fingerprint density at radius 3 is 2.45 bits per heavy atom. The maximum absolute atomic E-state index is 12.8. The average Bonchev–Trinajstić information content (AvgIpc) is 2.56. The number of benzene rings is 1. The van der Waals surface area contributed by atoms with Crippen molar-refractivity contribution in [3.8, 4) is 0 Å². The second-order valence-electron chi connectivity index (χ2n) is 6.15. The molecule has 1 aliphatic rings. The van der Waals surface area contributed by atoms with Crippen LogP contribution in [0.25, 0.3) is 0 Å². The molecule has 0 saturated carbocycles. The quantitative estimate of drug-likeness (QED) is 0.599. The summed E-state index contributed by atoms with van der Waals surface area (Å²) in [5, 5.41) is 3.01. The summed E-state index contributed by atoms with van der Waals surface area (Å²) in [5.41, 5.74) is 1.04. The van der Waals surface area contributed by atoms with Gasteiger partial charge in [-0.15, -0.1) is 0 Å². The van der Waals surface area contributed by atoms with E-state index < -0.39 is 0 Å². The number of rotatable bonds is 6. The van der Waals surface area contributed by atoms with Gasteiger partial charge in [0.05, 0.1) is 6.54 Å². The van der Waals surface area contributed by atoms with Crippen LogP contribution < -0.4 is 15.1 Å². The summed E-state index contributed by atoms with van der Waals surface area (Å²) in [6.45, 7) is 10.4. The largest absolute Gasteiger partial charge is 0.351 e. The normalized spacial score (nSPS) is 23.0. The lowest BCUT2D eigenvalue weighted by atomic mass is 10.1. The highest BCUT2D eigenvalue weighted by atomic mass is 19.1. The lowest BCUT2D eigenvalue weighted by molar-refractivity contribution is -1.02. The molecule has 1 aromatic carbocycles. The first-order valence-corrected chi connectivity index (χ1v) is 8.30. The van der Waals surface area contributed by atoms with E-state index in [4.69, 9.17) is 0 Å². The van der Waals surface area contributed by atoms with E-state index in [1.807, 2.05) is 6.92 Å². The molecule has 0 bridgehead atoms. The van der Waals surface area contributed by atoms with Crippen LogP contribution in [0.2, 0.25) is 0 Å². The third-order valence-corrected chi connectivity index (χ3v) is 4.73. The second kappa shape index (κ2) is 8.25. The lowest BCUT2D eigenvalue weighted by Gasteiger charge is -2.32. The summed E-state index contributed by atoms with van der Waals surface area (Å²) in [6, 6.07) is 6.46. The van der Waals surface area contributed by atoms with Gasteiger partial charge in [0.1, 0.15) is 32.0 Å². The monoisotopic (exact) mass is 309 g/mol. The van der Waals surface area contributed by atoms with Crippen molar-refractivity contribution in [1.82, 2.24) is 5.32 Å². The van der Waals surface area contributed by atoms with E-state index in [9.17, 15) is 9.18 Å². The van der Waals surface area contributed by atoms with E-state index >= 15 is 0 Å². The van der Waals surface area contributed by atoms with Crippen LogP contribution >= 0.6 is 0 Å². The van der Waals surface area contributed by atoms with E-state index in [2.05, 4.69) is 12.2 Å². The van der Waals surface area contributed by atoms with Gasteiger partial charge in [-0.25, -0.2) is 4.39 Å². The zero-order chi connectivity index (χ0) is 15.9. The maximum Gasteiger partial charge on any atom is 0.278 e. The van der Waals surface area contributed by atoms with Crippen molar-refractivity contribution >= 4 is 5.91 Å². The third kappa shape index (κ3) is 4.78. The number of halogens is 1. The molecule has 1 atom stereocenters. The highest BCUT2D eigenvalue weighted by Crippen LogP contribution is 2.02. The van der Waals surface area contributed by atoms with Gasteiger partial charge in [-0.2, -0.15) is 0 Å². The number of hydrogen-bond acceptors (Lipinski definition) is 1. The molecule has 0 spiro atoms. The van der Waals surface area contributed by atoms with Crippen LogP contribution in [0.15, 0.2) is 24.3 Å². The Hall–Kier alpha value is -1.46. The van der Waals surface area contributed by atoms with Crippen molar-refractivity contribution in [2.24, 2.45) is 0 Å². The molecular formula is C17H28FN3O+2. The molecule has 122 valence electrons. The van der Waals surface area contributed by atoms with Crippen molar-refractivity contribution in [3.05, 3.63) is 35.6 Å².